The van der Waals surface area contributed by atoms with Crippen LogP contribution in [0.5, 0.6) is 0 Å². The number of benzene rings is 3. The van der Waals surface area contributed by atoms with Crippen molar-refractivity contribution in [1.82, 2.24) is 9.97 Å². The van der Waals surface area contributed by atoms with E-state index in [1.54, 1.807) is 30.5 Å². The summed E-state index contributed by atoms with van der Waals surface area (Å²) >= 11 is 0. The van der Waals surface area contributed by atoms with Gasteiger partial charge in [0.05, 0.1) is 8.07 Å². The summed E-state index contributed by atoms with van der Waals surface area (Å²) in [5.74, 6) is 0.667. The smallest absolute Gasteiger partial charge is 0.0798 e. The molecule has 0 amide bonds. The van der Waals surface area contributed by atoms with E-state index in [4.69, 9.17) is 2.74 Å². The average molecular weight is 721 g/mol. The van der Waals surface area contributed by atoms with E-state index in [1.807, 2.05) is 60.7 Å². The van der Waals surface area contributed by atoms with Crippen LogP contribution in [0.25, 0.3) is 22.5 Å². The van der Waals surface area contributed by atoms with Gasteiger partial charge in [0.15, 0.2) is 0 Å². The SMILES string of the molecule is CC(C)Cc1cc(-c2[c-]cccc2)ncc1[Si](C)(C)C.[2H]C([2H])(c1ccccc1)c1ccnc(-c2[c-]cccc2)c1.[Ir]. The Morgan fingerprint density at radius 1 is 0.750 bits per heavy atom. The zero-order valence-corrected chi connectivity index (χ0v) is 27.3. The summed E-state index contributed by atoms with van der Waals surface area (Å²) in [5.41, 5.74) is 6.43. The van der Waals surface area contributed by atoms with Crippen molar-refractivity contribution in [2.24, 2.45) is 5.92 Å². The van der Waals surface area contributed by atoms with Crippen molar-refractivity contribution in [1.29, 1.82) is 0 Å². The third-order valence-electron chi connectivity index (χ3n) is 6.22. The summed E-state index contributed by atoms with van der Waals surface area (Å²) in [5, 5.41) is 1.49. The Balaban J connectivity index is 0.000000225. The molecule has 3 aromatic carbocycles. The summed E-state index contributed by atoms with van der Waals surface area (Å²) in [7, 11) is -1.34. The third kappa shape index (κ3) is 9.20. The molecule has 40 heavy (non-hydrogen) atoms. The van der Waals surface area contributed by atoms with E-state index in [1.165, 1.54) is 10.8 Å². The molecule has 1 radical (unpaired) electrons. The second kappa shape index (κ2) is 15.0. The summed E-state index contributed by atoms with van der Waals surface area (Å²) in [6.45, 7) is 11.7. The average Bonchev–Trinajstić information content (AvgIpc) is 2.98. The van der Waals surface area contributed by atoms with Crippen LogP contribution in [-0.2, 0) is 32.9 Å². The summed E-state index contributed by atoms with van der Waals surface area (Å²) in [4.78, 5) is 9.01. The molecule has 4 heteroatoms. The van der Waals surface area contributed by atoms with Crippen molar-refractivity contribution in [3.63, 3.8) is 0 Å². The third-order valence-corrected chi connectivity index (χ3v) is 8.28. The number of pyridine rings is 2. The van der Waals surface area contributed by atoms with Gasteiger partial charge in [-0.15, -0.1) is 71.8 Å². The molecule has 5 rings (SSSR count). The molecule has 2 heterocycles. The van der Waals surface area contributed by atoms with Gasteiger partial charge in [-0.2, -0.15) is 0 Å². The number of nitrogens with zero attached hydrogens (tertiary/aromatic N) is 2. The van der Waals surface area contributed by atoms with Crippen molar-refractivity contribution in [3.8, 4) is 22.5 Å². The molecule has 0 saturated carbocycles. The molecule has 0 aliphatic rings. The predicted molar refractivity (Wildman–Crippen MR) is 168 cm³/mol. The van der Waals surface area contributed by atoms with Gasteiger partial charge in [0.2, 0.25) is 0 Å². The molecule has 207 valence electrons. The second-order valence-corrected chi connectivity index (χ2v) is 16.1. The molecular weight excluding hydrogens is 681 g/mol. The van der Waals surface area contributed by atoms with Crippen molar-refractivity contribution >= 4 is 13.3 Å². The predicted octanol–water partition coefficient (Wildman–Crippen LogP) is 8.43. The molecule has 0 aliphatic heterocycles. The van der Waals surface area contributed by atoms with Crippen molar-refractivity contribution in [2.75, 3.05) is 0 Å². The Bertz CT molecular complexity index is 1540. The van der Waals surface area contributed by atoms with Crippen molar-refractivity contribution in [3.05, 3.63) is 138 Å². The molecule has 0 unspecified atom stereocenters. The Kier molecular flexibility index (Phi) is 10.6. The normalized spacial score (nSPS) is 11.9. The second-order valence-electron chi connectivity index (χ2n) is 11.0. The molecule has 0 N–H and O–H groups in total. The van der Waals surface area contributed by atoms with E-state index >= 15 is 0 Å². The molecule has 0 bridgehead atoms. The van der Waals surface area contributed by atoms with Crippen LogP contribution in [0, 0.1) is 18.1 Å². The van der Waals surface area contributed by atoms with E-state index in [-0.39, 0.29) is 20.1 Å². The maximum Gasteiger partial charge on any atom is 0.0798 e. The molecule has 0 spiro atoms. The number of hydrogen-bond donors (Lipinski definition) is 0. The zero-order chi connectivity index (χ0) is 29.5. The van der Waals surface area contributed by atoms with Crippen LogP contribution in [0.3, 0.4) is 0 Å². The topological polar surface area (TPSA) is 25.8 Å². The van der Waals surface area contributed by atoms with Gasteiger partial charge in [-0.3, -0.25) is 0 Å². The van der Waals surface area contributed by atoms with Crippen molar-refractivity contribution in [2.45, 2.75) is 46.3 Å². The van der Waals surface area contributed by atoms with E-state index in [2.05, 4.69) is 73.9 Å². The molecule has 5 aromatic rings. The molecule has 2 nitrogen and oxygen atoms in total. The van der Waals surface area contributed by atoms with Crippen LogP contribution in [0.15, 0.2) is 109 Å². The van der Waals surface area contributed by atoms with Gasteiger partial charge >= 0.3 is 0 Å². The summed E-state index contributed by atoms with van der Waals surface area (Å²) in [6, 6.07) is 37.0. The Labute approximate surface area is 258 Å². The largest absolute Gasteiger partial charge is 0.305 e. The number of hydrogen-bond acceptors (Lipinski definition) is 2. The molecule has 2 aromatic heterocycles. The molecule has 0 atom stereocenters. The first-order chi connectivity index (χ1) is 19.6. The van der Waals surface area contributed by atoms with Gasteiger partial charge < -0.3 is 9.97 Å². The molecule has 0 saturated heterocycles. The first kappa shape index (κ1) is 28.4. The van der Waals surface area contributed by atoms with E-state index in [0.717, 1.165) is 28.9 Å². The van der Waals surface area contributed by atoms with Crippen LogP contribution in [0.4, 0.5) is 0 Å². The van der Waals surface area contributed by atoms with Gasteiger partial charge in [-0.25, -0.2) is 0 Å². The number of aromatic nitrogens is 2. The minimum Gasteiger partial charge on any atom is -0.305 e. The minimum absolute atomic E-state index is 0. The fraction of sp³-hybridized carbons (Fsp3) is 0.222. The van der Waals surface area contributed by atoms with E-state index < -0.39 is 14.4 Å². The zero-order valence-electron chi connectivity index (χ0n) is 25.9. The van der Waals surface area contributed by atoms with Crippen molar-refractivity contribution < 1.29 is 22.8 Å². The van der Waals surface area contributed by atoms with Crippen LogP contribution in [-0.4, -0.2) is 18.0 Å². The van der Waals surface area contributed by atoms with E-state index in [9.17, 15) is 0 Å². The maximum absolute atomic E-state index is 8.40. The van der Waals surface area contributed by atoms with Crippen LogP contribution in [0.2, 0.25) is 19.6 Å². The molecular formula is C36H38IrN2Si-2. The Morgan fingerprint density at radius 3 is 1.90 bits per heavy atom. The molecule has 0 aliphatic carbocycles. The van der Waals surface area contributed by atoms with Crippen LogP contribution >= 0.6 is 0 Å². The minimum atomic E-state index is -1.55. The van der Waals surface area contributed by atoms with Gasteiger partial charge in [0.1, 0.15) is 0 Å². The van der Waals surface area contributed by atoms with Gasteiger partial charge in [0.25, 0.3) is 0 Å². The van der Waals surface area contributed by atoms with Gasteiger partial charge in [-0.05, 0) is 52.5 Å². The standard InChI is InChI=1S/C18H24NSi.C18H14N.Ir/c1-14(2)11-16-12-17(15-9-7-6-8-10-15)19-13-18(16)20(3,4)5;1-3-7-15(8-4-1)13-16-11-12-19-18(14-16)17-9-5-2-6-10-17;/h6-9,12-14H,11H2,1-5H3;1-9,11-12,14H,13H2;/q2*-1;/i;13D2;. The van der Waals surface area contributed by atoms with Crippen LogP contribution < -0.4 is 5.19 Å². The first-order valence-electron chi connectivity index (χ1n) is 14.5. The summed E-state index contributed by atoms with van der Waals surface area (Å²) < 4.78 is 16.8. The first-order valence-corrected chi connectivity index (χ1v) is 17.0. The fourth-order valence-electron chi connectivity index (χ4n) is 4.38. The fourth-order valence-corrected chi connectivity index (χ4v) is 5.97. The quantitative estimate of drug-likeness (QED) is 0.125. The van der Waals surface area contributed by atoms with E-state index in [0.29, 0.717) is 17.0 Å². The van der Waals surface area contributed by atoms with Gasteiger partial charge in [-0.1, -0.05) is 81.5 Å². The monoisotopic (exact) mass is 721 g/mol. The molecule has 0 fully saturated rings. The Morgan fingerprint density at radius 2 is 1.35 bits per heavy atom. The van der Waals surface area contributed by atoms with Crippen LogP contribution in [0.1, 0.15) is 33.3 Å². The number of rotatable bonds is 7. The summed E-state index contributed by atoms with van der Waals surface area (Å²) in [6.07, 6.45) is 3.34. The maximum atomic E-state index is 8.40. The van der Waals surface area contributed by atoms with Gasteiger partial charge in [0, 0.05) is 35.2 Å². The Hall–Kier alpha value is -3.17.